The highest BCUT2D eigenvalue weighted by atomic mass is 32.2. The van der Waals surface area contributed by atoms with Crippen LogP contribution < -0.4 is 5.32 Å². The molecule has 0 saturated heterocycles. The standard InChI is InChI=1S/C19H24N2O3S/c1-21(15-16-9-4-3-5-10-16)14-8-13-20-19(22)17-11-6-7-12-18(17)25(2,23)24/h3-7,9-12H,8,13-15H2,1-2H3,(H,20,22). The molecular formula is C19H24N2O3S. The molecule has 25 heavy (non-hydrogen) atoms. The van der Waals surface area contributed by atoms with Crippen molar-refractivity contribution in [2.45, 2.75) is 17.9 Å². The van der Waals surface area contributed by atoms with Gasteiger partial charge in [0.05, 0.1) is 10.5 Å². The molecule has 0 aliphatic heterocycles. The Hall–Kier alpha value is -2.18. The van der Waals surface area contributed by atoms with Gasteiger partial charge in [0, 0.05) is 19.3 Å². The van der Waals surface area contributed by atoms with Gasteiger partial charge >= 0.3 is 0 Å². The molecule has 2 aromatic rings. The number of hydrogen-bond donors (Lipinski definition) is 1. The maximum atomic E-state index is 12.3. The fourth-order valence-electron chi connectivity index (χ4n) is 2.60. The van der Waals surface area contributed by atoms with Gasteiger partial charge < -0.3 is 10.2 Å². The first-order chi connectivity index (χ1) is 11.9. The monoisotopic (exact) mass is 360 g/mol. The maximum absolute atomic E-state index is 12.3. The molecule has 0 fully saturated rings. The number of nitrogens with zero attached hydrogens (tertiary/aromatic N) is 1. The van der Waals surface area contributed by atoms with Crippen molar-refractivity contribution in [1.29, 1.82) is 0 Å². The average molecular weight is 360 g/mol. The smallest absolute Gasteiger partial charge is 0.252 e. The van der Waals surface area contributed by atoms with Gasteiger partial charge in [-0.1, -0.05) is 42.5 Å². The van der Waals surface area contributed by atoms with Crippen molar-refractivity contribution in [3.05, 3.63) is 65.7 Å². The van der Waals surface area contributed by atoms with Crippen LogP contribution >= 0.6 is 0 Å². The molecule has 0 bridgehead atoms. The van der Waals surface area contributed by atoms with Crippen LogP contribution in [0.15, 0.2) is 59.5 Å². The zero-order chi connectivity index (χ0) is 18.3. The van der Waals surface area contributed by atoms with Gasteiger partial charge in [-0.15, -0.1) is 0 Å². The Morgan fingerprint density at radius 3 is 2.36 bits per heavy atom. The second-order valence-electron chi connectivity index (χ2n) is 6.10. The molecule has 0 saturated carbocycles. The molecule has 134 valence electrons. The minimum absolute atomic E-state index is 0.0636. The van der Waals surface area contributed by atoms with Gasteiger partial charge in [-0.2, -0.15) is 0 Å². The van der Waals surface area contributed by atoms with E-state index in [2.05, 4.69) is 22.3 Å². The zero-order valence-electron chi connectivity index (χ0n) is 14.6. The molecule has 2 rings (SSSR count). The third-order valence-corrected chi connectivity index (χ3v) is 4.98. The van der Waals surface area contributed by atoms with E-state index in [1.165, 1.54) is 17.7 Å². The van der Waals surface area contributed by atoms with Gasteiger partial charge in [0.1, 0.15) is 0 Å². The first-order valence-corrected chi connectivity index (χ1v) is 10.1. The Morgan fingerprint density at radius 2 is 1.68 bits per heavy atom. The van der Waals surface area contributed by atoms with E-state index >= 15 is 0 Å². The Bertz CT molecular complexity index is 804. The lowest BCUT2D eigenvalue weighted by Gasteiger charge is -2.17. The van der Waals surface area contributed by atoms with Crippen LogP contribution in [-0.2, 0) is 16.4 Å². The third kappa shape index (κ3) is 5.99. The van der Waals surface area contributed by atoms with Gasteiger partial charge in [-0.25, -0.2) is 8.42 Å². The summed E-state index contributed by atoms with van der Waals surface area (Å²) in [4.78, 5) is 14.5. The van der Waals surface area contributed by atoms with E-state index in [0.717, 1.165) is 25.8 Å². The van der Waals surface area contributed by atoms with E-state index in [0.29, 0.717) is 6.54 Å². The molecule has 0 heterocycles. The minimum Gasteiger partial charge on any atom is -0.352 e. The van der Waals surface area contributed by atoms with Crippen LogP contribution in [0, 0.1) is 0 Å². The molecule has 1 amide bonds. The van der Waals surface area contributed by atoms with Crippen LogP contribution in [0.4, 0.5) is 0 Å². The lowest BCUT2D eigenvalue weighted by atomic mass is 10.2. The largest absolute Gasteiger partial charge is 0.352 e. The lowest BCUT2D eigenvalue weighted by Crippen LogP contribution is -2.29. The van der Waals surface area contributed by atoms with Crippen molar-refractivity contribution in [2.75, 3.05) is 26.4 Å². The molecule has 0 atom stereocenters. The Balaban J connectivity index is 1.81. The molecule has 0 unspecified atom stereocenters. The third-order valence-electron chi connectivity index (χ3n) is 3.83. The van der Waals surface area contributed by atoms with Gasteiger partial charge in [0.15, 0.2) is 9.84 Å². The summed E-state index contributed by atoms with van der Waals surface area (Å²) >= 11 is 0. The van der Waals surface area contributed by atoms with E-state index in [-0.39, 0.29) is 16.4 Å². The summed E-state index contributed by atoms with van der Waals surface area (Å²) in [5, 5.41) is 2.80. The van der Waals surface area contributed by atoms with Crippen LogP contribution in [-0.4, -0.2) is 45.6 Å². The van der Waals surface area contributed by atoms with Crippen LogP contribution in [0.25, 0.3) is 0 Å². The Morgan fingerprint density at radius 1 is 1.04 bits per heavy atom. The maximum Gasteiger partial charge on any atom is 0.252 e. The molecule has 2 aromatic carbocycles. The molecule has 0 aliphatic carbocycles. The van der Waals surface area contributed by atoms with Crippen molar-refractivity contribution in [3.8, 4) is 0 Å². The van der Waals surface area contributed by atoms with E-state index < -0.39 is 9.84 Å². The molecule has 5 nitrogen and oxygen atoms in total. The highest BCUT2D eigenvalue weighted by Crippen LogP contribution is 2.15. The van der Waals surface area contributed by atoms with E-state index in [1.807, 2.05) is 25.2 Å². The second kappa shape index (κ2) is 8.78. The fraction of sp³-hybridized carbons (Fsp3) is 0.316. The van der Waals surface area contributed by atoms with Crippen LogP contribution in [0.5, 0.6) is 0 Å². The van der Waals surface area contributed by atoms with Crippen molar-refractivity contribution in [1.82, 2.24) is 10.2 Å². The summed E-state index contributed by atoms with van der Waals surface area (Å²) in [7, 11) is -1.39. The van der Waals surface area contributed by atoms with Gasteiger partial charge in [0.25, 0.3) is 5.91 Å². The van der Waals surface area contributed by atoms with Gasteiger partial charge in [-0.05, 0) is 37.7 Å². The summed E-state index contributed by atoms with van der Waals surface area (Å²) in [5.41, 5.74) is 1.44. The van der Waals surface area contributed by atoms with Crippen molar-refractivity contribution in [2.24, 2.45) is 0 Å². The molecule has 6 heteroatoms. The minimum atomic E-state index is -3.43. The lowest BCUT2D eigenvalue weighted by molar-refractivity contribution is 0.0948. The molecule has 0 aromatic heterocycles. The Labute approximate surface area is 149 Å². The van der Waals surface area contributed by atoms with E-state index in [4.69, 9.17) is 0 Å². The fourth-order valence-corrected chi connectivity index (χ4v) is 3.48. The number of carbonyl (C=O) groups excluding carboxylic acids is 1. The molecule has 1 N–H and O–H groups in total. The summed E-state index contributed by atoms with van der Waals surface area (Å²) in [6.07, 6.45) is 1.90. The first-order valence-electron chi connectivity index (χ1n) is 8.17. The van der Waals surface area contributed by atoms with Crippen molar-refractivity contribution in [3.63, 3.8) is 0 Å². The zero-order valence-corrected chi connectivity index (χ0v) is 15.4. The number of hydrogen-bond acceptors (Lipinski definition) is 4. The second-order valence-corrected chi connectivity index (χ2v) is 8.09. The summed E-state index contributed by atoms with van der Waals surface area (Å²) in [6.45, 7) is 2.19. The summed E-state index contributed by atoms with van der Waals surface area (Å²) < 4.78 is 23.5. The highest BCUT2D eigenvalue weighted by Gasteiger charge is 2.17. The number of benzene rings is 2. The van der Waals surface area contributed by atoms with Crippen molar-refractivity contribution < 1.29 is 13.2 Å². The summed E-state index contributed by atoms with van der Waals surface area (Å²) in [6, 6.07) is 16.5. The van der Waals surface area contributed by atoms with Crippen molar-refractivity contribution >= 4 is 15.7 Å². The number of sulfone groups is 1. The normalized spacial score (nSPS) is 11.5. The van der Waals surface area contributed by atoms with Gasteiger partial charge in [0.2, 0.25) is 0 Å². The molecular weight excluding hydrogens is 336 g/mol. The van der Waals surface area contributed by atoms with E-state index in [9.17, 15) is 13.2 Å². The average Bonchev–Trinajstić information content (AvgIpc) is 2.58. The van der Waals surface area contributed by atoms with Crippen LogP contribution in [0.2, 0.25) is 0 Å². The van der Waals surface area contributed by atoms with Crippen LogP contribution in [0.3, 0.4) is 0 Å². The van der Waals surface area contributed by atoms with Crippen LogP contribution in [0.1, 0.15) is 22.3 Å². The quantitative estimate of drug-likeness (QED) is 0.734. The Kier molecular flexibility index (Phi) is 6.73. The topological polar surface area (TPSA) is 66.5 Å². The predicted molar refractivity (Wildman–Crippen MR) is 99.3 cm³/mol. The van der Waals surface area contributed by atoms with E-state index in [1.54, 1.807) is 12.1 Å². The number of carbonyl (C=O) groups is 1. The summed E-state index contributed by atoms with van der Waals surface area (Å²) in [5.74, 6) is -0.355. The molecule has 0 spiro atoms. The first kappa shape index (κ1) is 19.1. The molecule has 0 aliphatic rings. The number of amides is 1. The SMILES string of the molecule is CN(CCCNC(=O)c1ccccc1S(C)(=O)=O)Cc1ccccc1. The predicted octanol–water partition coefficient (Wildman–Crippen LogP) is 2.34. The molecule has 0 radical (unpaired) electrons. The highest BCUT2D eigenvalue weighted by molar-refractivity contribution is 7.90. The number of nitrogens with one attached hydrogen (secondary N) is 1. The van der Waals surface area contributed by atoms with Gasteiger partial charge in [-0.3, -0.25) is 4.79 Å². The number of rotatable bonds is 8.